The van der Waals surface area contributed by atoms with Gasteiger partial charge in [0, 0.05) is 6.54 Å². The molecule has 0 saturated heterocycles. The molecule has 0 aliphatic heterocycles. The maximum absolute atomic E-state index is 11.7. The van der Waals surface area contributed by atoms with Crippen molar-refractivity contribution in [3.63, 3.8) is 0 Å². The molecule has 0 unspecified atom stereocenters. The summed E-state index contributed by atoms with van der Waals surface area (Å²) in [4.78, 5) is 1.18. The van der Waals surface area contributed by atoms with Crippen LogP contribution >= 0.6 is 0 Å². The molecule has 0 fully saturated rings. The van der Waals surface area contributed by atoms with Gasteiger partial charge in [0.25, 0.3) is 0 Å². The molecule has 0 spiro atoms. The third-order valence-electron chi connectivity index (χ3n) is 1.14. The van der Waals surface area contributed by atoms with E-state index in [2.05, 4.69) is 6.58 Å². The van der Waals surface area contributed by atoms with Crippen molar-refractivity contribution in [1.29, 1.82) is 0 Å². The number of halogens is 3. The number of hydrogen-bond donors (Lipinski definition) is 0. The minimum Gasteiger partial charge on any atom is -0.294 e. The second-order valence-corrected chi connectivity index (χ2v) is 2.48. The van der Waals surface area contributed by atoms with E-state index < -0.39 is 12.7 Å². The van der Waals surface area contributed by atoms with Crippen molar-refractivity contribution >= 4 is 0 Å². The smallest absolute Gasteiger partial charge is 0.294 e. The third kappa shape index (κ3) is 7.34. The highest BCUT2D eigenvalue weighted by molar-refractivity contribution is 4.98. The molecule has 0 aromatic heterocycles. The van der Waals surface area contributed by atoms with Gasteiger partial charge in [0.2, 0.25) is 0 Å². The minimum atomic E-state index is -4.11. The van der Waals surface area contributed by atoms with Crippen molar-refractivity contribution in [3.05, 3.63) is 24.8 Å². The third-order valence-corrected chi connectivity index (χ3v) is 1.14. The molecule has 0 amide bonds. The van der Waals surface area contributed by atoms with Gasteiger partial charge >= 0.3 is 6.18 Å². The average molecular weight is 179 g/mol. The highest BCUT2D eigenvalue weighted by atomic mass is 19.4. The molecule has 1 nitrogen and oxygen atoms in total. The Kier molecular flexibility index (Phi) is 4.66. The van der Waals surface area contributed by atoms with E-state index in [1.54, 1.807) is 12.2 Å². The summed E-state index contributed by atoms with van der Waals surface area (Å²) in [6.07, 6.45) is 0.657. The predicted molar refractivity (Wildman–Crippen MR) is 42.9 cm³/mol. The topological polar surface area (TPSA) is 3.24 Å². The van der Waals surface area contributed by atoms with Gasteiger partial charge in [-0.25, -0.2) is 0 Å². The first-order valence-electron chi connectivity index (χ1n) is 3.48. The number of alkyl halides is 3. The van der Waals surface area contributed by atoms with Gasteiger partial charge in [-0.05, 0) is 7.05 Å². The molecule has 0 aliphatic carbocycles. The molecule has 0 aliphatic rings. The van der Waals surface area contributed by atoms with E-state index >= 15 is 0 Å². The normalized spacial score (nSPS) is 12.8. The number of hydrogen-bond acceptors (Lipinski definition) is 1. The van der Waals surface area contributed by atoms with Gasteiger partial charge in [0.05, 0.1) is 6.54 Å². The van der Waals surface area contributed by atoms with Gasteiger partial charge in [-0.2, -0.15) is 13.2 Å². The van der Waals surface area contributed by atoms with E-state index in [9.17, 15) is 13.2 Å². The molecule has 12 heavy (non-hydrogen) atoms. The Labute approximate surface area is 70.2 Å². The van der Waals surface area contributed by atoms with Gasteiger partial charge in [-0.15, -0.1) is 0 Å². The Morgan fingerprint density at radius 1 is 1.42 bits per heavy atom. The molecule has 0 rings (SSSR count). The van der Waals surface area contributed by atoms with Crippen LogP contribution in [0, 0.1) is 0 Å². The van der Waals surface area contributed by atoms with Gasteiger partial charge in [0.15, 0.2) is 0 Å². The molecule has 0 bridgehead atoms. The first kappa shape index (κ1) is 11.2. The van der Waals surface area contributed by atoms with Gasteiger partial charge in [-0.3, -0.25) is 4.90 Å². The molecule has 0 aromatic rings. The highest BCUT2D eigenvalue weighted by Gasteiger charge is 2.28. The van der Waals surface area contributed by atoms with Crippen LogP contribution in [0.5, 0.6) is 0 Å². The molecule has 0 radical (unpaired) electrons. The molecule has 70 valence electrons. The lowest BCUT2D eigenvalue weighted by Gasteiger charge is -2.15. The fourth-order valence-corrected chi connectivity index (χ4v) is 0.708. The number of allylic oxidation sites excluding steroid dienone is 2. The molecule has 0 N–H and O–H groups in total. The highest BCUT2D eigenvalue weighted by Crippen LogP contribution is 2.15. The molecule has 0 heterocycles. The van der Waals surface area contributed by atoms with Crippen LogP contribution in [0.4, 0.5) is 13.2 Å². The minimum absolute atomic E-state index is 0.283. The zero-order valence-corrected chi connectivity index (χ0v) is 6.93. The molecule has 4 heteroatoms. The van der Waals surface area contributed by atoms with E-state index in [0.29, 0.717) is 0 Å². The Morgan fingerprint density at radius 3 is 2.42 bits per heavy atom. The Morgan fingerprint density at radius 2 is 2.00 bits per heavy atom. The first-order chi connectivity index (χ1) is 5.45. The lowest BCUT2D eigenvalue weighted by atomic mass is 10.4. The van der Waals surface area contributed by atoms with Crippen LogP contribution in [-0.4, -0.2) is 31.2 Å². The molecular formula is C8H12F3N. The van der Waals surface area contributed by atoms with Crippen LogP contribution in [0.15, 0.2) is 24.8 Å². The summed E-state index contributed by atoms with van der Waals surface area (Å²) in [7, 11) is 1.42. The summed E-state index contributed by atoms with van der Waals surface area (Å²) in [5.74, 6) is 0. The Hall–Kier alpha value is -0.770. The van der Waals surface area contributed by atoms with Crippen molar-refractivity contribution in [1.82, 2.24) is 4.90 Å². The lowest BCUT2D eigenvalue weighted by Crippen LogP contribution is -2.30. The van der Waals surface area contributed by atoms with Gasteiger partial charge in [-0.1, -0.05) is 24.8 Å². The van der Waals surface area contributed by atoms with Crippen LogP contribution in [0.2, 0.25) is 0 Å². The zero-order valence-electron chi connectivity index (χ0n) is 6.93. The monoisotopic (exact) mass is 179 g/mol. The number of nitrogens with zero attached hydrogens (tertiary/aromatic N) is 1. The largest absolute Gasteiger partial charge is 0.401 e. The van der Waals surface area contributed by atoms with Crippen LogP contribution in [0.3, 0.4) is 0 Å². The van der Waals surface area contributed by atoms with E-state index in [1.165, 1.54) is 18.0 Å². The average Bonchev–Trinajstić information content (AvgIpc) is 1.84. The number of likely N-dealkylation sites (N-methyl/N-ethyl adjacent to an activating group) is 1. The number of rotatable bonds is 4. The van der Waals surface area contributed by atoms with Crippen molar-refractivity contribution in [3.8, 4) is 0 Å². The quantitative estimate of drug-likeness (QED) is 0.598. The van der Waals surface area contributed by atoms with Gasteiger partial charge in [0.1, 0.15) is 0 Å². The van der Waals surface area contributed by atoms with E-state index in [-0.39, 0.29) is 6.54 Å². The maximum atomic E-state index is 11.7. The molecule has 0 atom stereocenters. The fraction of sp³-hybridized carbons (Fsp3) is 0.500. The Balaban J connectivity index is 3.66. The summed E-state index contributed by atoms with van der Waals surface area (Å²) < 4.78 is 35.2. The zero-order chi connectivity index (χ0) is 9.61. The standard InChI is InChI=1S/C8H12F3N/c1-3-4-5-6-12(2)7-8(9,10)11/h3-5H,1,6-7H2,2H3. The molecule has 0 aromatic carbocycles. The lowest BCUT2D eigenvalue weighted by molar-refractivity contribution is -0.141. The van der Waals surface area contributed by atoms with Crippen molar-refractivity contribution < 1.29 is 13.2 Å². The van der Waals surface area contributed by atoms with Crippen LogP contribution in [0.25, 0.3) is 0 Å². The van der Waals surface area contributed by atoms with E-state index in [0.717, 1.165) is 0 Å². The first-order valence-corrected chi connectivity index (χ1v) is 3.48. The second kappa shape index (κ2) is 4.98. The van der Waals surface area contributed by atoms with Crippen LogP contribution < -0.4 is 0 Å². The van der Waals surface area contributed by atoms with E-state index in [4.69, 9.17) is 0 Å². The maximum Gasteiger partial charge on any atom is 0.401 e. The second-order valence-electron chi connectivity index (χ2n) is 2.48. The van der Waals surface area contributed by atoms with Crippen molar-refractivity contribution in [2.24, 2.45) is 0 Å². The molecule has 0 saturated carbocycles. The fourth-order valence-electron chi connectivity index (χ4n) is 0.708. The summed E-state index contributed by atoms with van der Waals surface area (Å²) in [5, 5.41) is 0. The summed E-state index contributed by atoms with van der Waals surface area (Å²) in [6.45, 7) is 2.81. The van der Waals surface area contributed by atoms with Crippen molar-refractivity contribution in [2.75, 3.05) is 20.1 Å². The Bertz CT molecular complexity index is 160. The SMILES string of the molecule is C=CC=CCN(C)CC(F)(F)F. The summed E-state index contributed by atoms with van der Waals surface area (Å²) in [5.41, 5.74) is 0. The van der Waals surface area contributed by atoms with Crippen molar-refractivity contribution in [2.45, 2.75) is 6.18 Å². The van der Waals surface area contributed by atoms with Crippen LogP contribution in [-0.2, 0) is 0 Å². The summed E-state index contributed by atoms with van der Waals surface area (Å²) >= 11 is 0. The molecular weight excluding hydrogens is 167 g/mol. The van der Waals surface area contributed by atoms with Crippen LogP contribution in [0.1, 0.15) is 0 Å². The predicted octanol–water partition coefficient (Wildman–Crippen LogP) is 2.22. The van der Waals surface area contributed by atoms with Gasteiger partial charge < -0.3 is 0 Å². The van der Waals surface area contributed by atoms with E-state index in [1.807, 2.05) is 0 Å². The summed E-state index contributed by atoms with van der Waals surface area (Å²) in [6, 6.07) is 0.